The third-order valence-electron chi connectivity index (χ3n) is 5.54. The molecule has 5 nitrogen and oxygen atoms in total. The quantitative estimate of drug-likeness (QED) is 0.804. The molecule has 2 aliphatic heterocycles. The second-order valence-corrected chi connectivity index (χ2v) is 7.72. The number of methoxy groups -OCH3 is 1. The van der Waals surface area contributed by atoms with Crippen molar-refractivity contribution in [2.75, 3.05) is 19.0 Å². The fourth-order valence-corrected chi connectivity index (χ4v) is 4.65. The Hall–Kier alpha value is -2.08. The van der Waals surface area contributed by atoms with Crippen molar-refractivity contribution in [1.82, 2.24) is 5.32 Å². The fourth-order valence-electron chi connectivity index (χ4n) is 4.35. The molecule has 3 unspecified atom stereocenters. The monoisotopic (exact) mass is 404 g/mol. The van der Waals surface area contributed by atoms with Crippen molar-refractivity contribution in [3.05, 3.63) is 63.6 Å². The third kappa shape index (κ3) is 2.81. The van der Waals surface area contributed by atoms with Crippen molar-refractivity contribution in [2.45, 2.75) is 23.9 Å². The standard InChI is InChI=1S/C20H18Cl2N2O3/c1-27-17-10-23-18(25)9-15(11-2-4-12(21)5-3-11)20(17)14-7-6-13(22)8-16(14)24-19(20)26/h2-8,15,17H,9-10H2,1H3,(H,23,25)(H,24,26). The van der Waals surface area contributed by atoms with Crippen LogP contribution in [0.1, 0.15) is 23.5 Å². The van der Waals surface area contributed by atoms with E-state index in [9.17, 15) is 9.59 Å². The number of carbonyl (C=O) groups is 2. The van der Waals surface area contributed by atoms with Crippen LogP contribution in [0, 0.1) is 0 Å². The summed E-state index contributed by atoms with van der Waals surface area (Å²) in [4.78, 5) is 25.9. The van der Waals surface area contributed by atoms with Crippen LogP contribution in [0.25, 0.3) is 0 Å². The molecule has 0 saturated carbocycles. The summed E-state index contributed by atoms with van der Waals surface area (Å²) < 4.78 is 5.76. The van der Waals surface area contributed by atoms with Gasteiger partial charge in [-0.15, -0.1) is 0 Å². The molecule has 1 saturated heterocycles. The van der Waals surface area contributed by atoms with E-state index in [1.165, 1.54) is 0 Å². The number of carbonyl (C=O) groups excluding carboxylic acids is 2. The van der Waals surface area contributed by atoms with E-state index in [1.807, 2.05) is 18.2 Å². The maximum atomic E-state index is 13.4. The minimum absolute atomic E-state index is 0.121. The summed E-state index contributed by atoms with van der Waals surface area (Å²) in [6, 6.07) is 12.6. The average Bonchev–Trinajstić information content (AvgIpc) is 2.83. The largest absolute Gasteiger partial charge is 0.378 e. The summed E-state index contributed by atoms with van der Waals surface area (Å²) in [7, 11) is 1.56. The van der Waals surface area contributed by atoms with Crippen LogP contribution in [0.3, 0.4) is 0 Å². The fraction of sp³-hybridized carbons (Fsp3) is 0.300. The number of hydrogen-bond acceptors (Lipinski definition) is 3. The first-order valence-corrected chi connectivity index (χ1v) is 9.39. The first-order chi connectivity index (χ1) is 13.0. The lowest BCUT2D eigenvalue weighted by Crippen LogP contribution is -2.52. The van der Waals surface area contributed by atoms with E-state index in [4.69, 9.17) is 27.9 Å². The van der Waals surface area contributed by atoms with Gasteiger partial charge in [0.2, 0.25) is 11.8 Å². The number of amides is 2. The zero-order valence-corrected chi connectivity index (χ0v) is 16.1. The van der Waals surface area contributed by atoms with Gasteiger partial charge in [0.25, 0.3) is 0 Å². The smallest absolute Gasteiger partial charge is 0.238 e. The SMILES string of the molecule is COC1CNC(=O)CC(c2ccc(Cl)cc2)C12C(=O)Nc1cc(Cl)ccc12. The highest BCUT2D eigenvalue weighted by atomic mass is 35.5. The lowest BCUT2D eigenvalue weighted by atomic mass is 9.64. The molecular weight excluding hydrogens is 387 g/mol. The second kappa shape index (κ2) is 6.82. The molecule has 2 heterocycles. The average molecular weight is 405 g/mol. The maximum absolute atomic E-state index is 13.4. The number of anilines is 1. The van der Waals surface area contributed by atoms with Crippen LogP contribution in [-0.2, 0) is 19.7 Å². The Morgan fingerprint density at radius 3 is 2.48 bits per heavy atom. The van der Waals surface area contributed by atoms with Crippen molar-refractivity contribution < 1.29 is 14.3 Å². The van der Waals surface area contributed by atoms with E-state index >= 15 is 0 Å². The number of ether oxygens (including phenoxy) is 1. The molecule has 3 atom stereocenters. The van der Waals surface area contributed by atoms with Crippen LogP contribution in [0.5, 0.6) is 0 Å². The summed E-state index contributed by atoms with van der Waals surface area (Å²) in [5.41, 5.74) is 1.25. The van der Waals surface area contributed by atoms with Gasteiger partial charge >= 0.3 is 0 Å². The molecular formula is C20H18Cl2N2O3. The Balaban J connectivity index is 1.98. The molecule has 2 N–H and O–H groups in total. The van der Waals surface area contributed by atoms with Crippen molar-refractivity contribution in [2.24, 2.45) is 0 Å². The van der Waals surface area contributed by atoms with Gasteiger partial charge in [-0.25, -0.2) is 0 Å². The van der Waals surface area contributed by atoms with E-state index in [-0.39, 0.29) is 24.8 Å². The van der Waals surface area contributed by atoms with Crippen molar-refractivity contribution in [3.8, 4) is 0 Å². The lowest BCUT2D eigenvalue weighted by molar-refractivity contribution is -0.127. The summed E-state index contributed by atoms with van der Waals surface area (Å²) in [5.74, 6) is -0.725. The predicted octanol–water partition coefficient (Wildman–Crippen LogP) is 3.50. The van der Waals surface area contributed by atoms with E-state index in [2.05, 4.69) is 10.6 Å². The number of halogens is 2. The van der Waals surface area contributed by atoms with Gasteiger partial charge in [0.15, 0.2) is 0 Å². The summed E-state index contributed by atoms with van der Waals surface area (Å²) in [6.45, 7) is 0.245. The van der Waals surface area contributed by atoms with Crippen LogP contribution in [0.15, 0.2) is 42.5 Å². The molecule has 7 heteroatoms. The first kappa shape index (κ1) is 18.3. The van der Waals surface area contributed by atoms with Gasteiger partial charge in [0, 0.05) is 41.7 Å². The molecule has 4 rings (SSSR count). The van der Waals surface area contributed by atoms with Gasteiger partial charge in [-0.3, -0.25) is 9.59 Å². The molecule has 1 fully saturated rings. The highest BCUT2D eigenvalue weighted by Gasteiger charge is 2.59. The predicted molar refractivity (Wildman–Crippen MR) is 104 cm³/mol. The minimum atomic E-state index is -1.05. The number of hydrogen-bond donors (Lipinski definition) is 2. The van der Waals surface area contributed by atoms with Gasteiger partial charge in [-0.05, 0) is 35.4 Å². The minimum Gasteiger partial charge on any atom is -0.378 e. The Kier molecular flexibility index (Phi) is 4.62. The van der Waals surface area contributed by atoms with E-state index in [0.29, 0.717) is 15.7 Å². The molecule has 2 aliphatic rings. The molecule has 0 radical (unpaired) electrons. The van der Waals surface area contributed by atoms with Gasteiger partial charge in [0.05, 0.1) is 6.10 Å². The highest BCUT2D eigenvalue weighted by molar-refractivity contribution is 6.31. The van der Waals surface area contributed by atoms with Crippen LogP contribution in [-0.4, -0.2) is 31.6 Å². The van der Waals surface area contributed by atoms with Gasteiger partial charge in [-0.2, -0.15) is 0 Å². The molecule has 0 aromatic heterocycles. The molecule has 2 amide bonds. The van der Waals surface area contributed by atoms with Crippen LogP contribution in [0.4, 0.5) is 5.69 Å². The molecule has 2 aromatic carbocycles. The zero-order valence-electron chi connectivity index (χ0n) is 14.6. The van der Waals surface area contributed by atoms with E-state index in [1.54, 1.807) is 31.4 Å². The normalized spacial score (nSPS) is 27.1. The van der Waals surface area contributed by atoms with Crippen molar-refractivity contribution >= 4 is 40.7 Å². The number of fused-ring (bicyclic) bond motifs is 2. The van der Waals surface area contributed by atoms with E-state index < -0.39 is 17.4 Å². The number of nitrogens with one attached hydrogen (secondary N) is 2. The zero-order chi connectivity index (χ0) is 19.2. The Morgan fingerprint density at radius 2 is 1.78 bits per heavy atom. The topological polar surface area (TPSA) is 67.4 Å². The molecule has 0 bridgehead atoms. The number of benzene rings is 2. The molecule has 0 aliphatic carbocycles. The molecule has 27 heavy (non-hydrogen) atoms. The van der Waals surface area contributed by atoms with Gasteiger partial charge in [-0.1, -0.05) is 41.4 Å². The molecule has 2 aromatic rings. The first-order valence-electron chi connectivity index (χ1n) is 8.63. The maximum Gasteiger partial charge on any atom is 0.238 e. The lowest BCUT2D eigenvalue weighted by Gasteiger charge is -2.39. The molecule has 1 spiro atoms. The Morgan fingerprint density at radius 1 is 1.07 bits per heavy atom. The van der Waals surface area contributed by atoms with Crippen molar-refractivity contribution in [1.29, 1.82) is 0 Å². The second-order valence-electron chi connectivity index (χ2n) is 6.85. The van der Waals surface area contributed by atoms with Crippen molar-refractivity contribution in [3.63, 3.8) is 0 Å². The van der Waals surface area contributed by atoms with Crippen LogP contribution < -0.4 is 10.6 Å². The summed E-state index contributed by atoms with van der Waals surface area (Å²) in [6.07, 6.45) is -0.371. The van der Waals surface area contributed by atoms with Gasteiger partial charge in [0.1, 0.15) is 5.41 Å². The Bertz CT molecular complexity index is 916. The number of rotatable bonds is 2. The highest BCUT2D eigenvalue weighted by Crippen LogP contribution is 2.52. The Labute approximate surface area is 167 Å². The van der Waals surface area contributed by atoms with Gasteiger partial charge < -0.3 is 15.4 Å². The third-order valence-corrected chi connectivity index (χ3v) is 6.03. The molecule has 140 valence electrons. The summed E-state index contributed by atoms with van der Waals surface area (Å²) >= 11 is 12.2. The summed E-state index contributed by atoms with van der Waals surface area (Å²) in [5, 5.41) is 6.95. The van der Waals surface area contributed by atoms with Crippen LogP contribution >= 0.6 is 23.2 Å². The van der Waals surface area contributed by atoms with E-state index in [0.717, 1.165) is 11.1 Å². The van der Waals surface area contributed by atoms with Crippen LogP contribution in [0.2, 0.25) is 10.0 Å².